The van der Waals surface area contributed by atoms with Crippen LogP contribution in [0.3, 0.4) is 0 Å². The number of rotatable bonds is 8. The molecule has 2 aromatic rings. The van der Waals surface area contributed by atoms with Gasteiger partial charge in [-0.05, 0) is 38.3 Å². The van der Waals surface area contributed by atoms with E-state index in [2.05, 4.69) is 61.9 Å². The molecule has 2 aromatic heterocycles. The van der Waals surface area contributed by atoms with Gasteiger partial charge in [0.1, 0.15) is 18.0 Å². The van der Waals surface area contributed by atoms with Gasteiger partial charge >= 0.3 is 0 Å². The largest absolute Gasteiger partial charge is 0.382 e. The highest BCUT2D eigenvalue weighted by molar-refractivity contribution is 6.29. The van der Waals surface area contributed by atoms with E-state index in [0.717, 1.165) is 73.1 Å². The van der Waals surface area contributed by atoms with Gasteiger partial charge in [-0.2, -0.15) is 5.10 Å². The smallest absolute Gasteiger partial charge is 0.235 e. The van der Waals surface area contributed by atoms with Crippen molar-refractivity contribution in [3.63, 3.8) is 0 Å². The number of nitrogens with zero attached hydrogens (tertiary/aromatic N) is 6. The van der Waals surface area contributed by atoms with E-state index >= 15 is 0 Å². The van der Waals surface area contributed by atoms with Crippen molar-refractivity contribution in [3.8, 4) is 0 Å². The third-order valence-corrected chi connectivity index (χ3v) is 7.94. The van der Waals surface area contributed by atoms with E-state index in [-0.39, 0.29) is 5.91 Å². The summed E-state index contributed by atoms with van der Waals surface area (Å²) in [5.74, 6) is 1.76. The van der Waals surface area contributed by atoms with E-state index in [9.17, 15) is 4.79 Å². The van der Waals surface area contributed by atoms with Crippen LogP contribution in [0.15, 0.2) is 35.2 Å². The molecule has 0 aromatic carbocycles. The molecule has 3 aliphatic rings. The Kier molecular flexibility index (Phi) is 7.77. The van der Waals surface area contributed by atoms with E-state index in [0.29, 0.717) is 29.5 Å². The number of hydrogen-bond acceptors (Lipinski definition) is 8. The highest BCUT2D eigenvalue weighted by atomic mass is 35.5. The van der Waals surface area contributed by atoms with Crippen LogP contribution in [-0.2, 0) is 17.3 Å². The van der Waals surface area contributed by atoms with Crippen molar-refractivity contribution >= 4 is 40.4 Å². The van der Waals surface area contributed by atoms with Gasteiger partial charge in [0.15, 0.2) is 5.15 Å². The van der Waals surface area contributed by atoms with Crippen molar-refractivity contribution in [1.82, 2.24) is 30.4 Å². The number of hydrogen-bond donors (Lipinski definition) is 3. The molecule has 3 aliphatic heterocycles. The normalized spacial score (nSPS) is 19.3. The molecule has 5 heterocycles. The SMILES string of the molecule is CC(C)NCCNC1=CC=C(c2cc(Cl)nn2C)CN=C1C1CCN(c2ncnc3c2C(C)(C)C(=O)N3)CC1. The zero-order valence-electron chi connectivity index (χ0n) is 23.4. The second-order valence-corrected chi connectivity index (χ2v) is 11.6. The Morgan fingerprint density at radius 3 is 2.64 bits per heavy atom. The van der Waals surface area contributed by atoms with Crippen molar-refractivity contribution < 1.29 is 4.79 Å². The van der Waals surface area contributed by atoms with Gasteiger partial charge in [-0.25, -0.2) is 9.97 Å². The third kappa shape index (κ3) is 5.58. The van der Waals surface area contributed by atoms with Crippen LogP contribution in [0.5, 0.6) is 0 Å². The van der Waals surface area contributed by atoms with Crippen LogP contribution < -0.4 is 20.9 Å². The fourth-order valence-corrected chi connectivity index (χ4v) is 5.78. The van der Waals surface area contributed by atoms with E-state index in [1.165, 1.54) is 0 Å². The first-order valence-corrected chi connectivity index (χ1v) is 14.1. The van der Waals surface area contributed by atoms with Crippen LogP contribution in [0.4, 0.5) is 11.6 Å². The van der Waals surface area contributed by atoms with Crippen molar-refractivity contribution in [2.75, 3.05) is 42.9 Å². The number of aryl methyl sites for hydroxylation is 1. The van der Waals surface area contributed by atoms with Gasteiger partial charge in [0.05, 0.1) is 34.6 Å². The topological polar surface area (TPSA) is 112 Å². The van der Waals surface area contributed by atoms with Crippen molar-refractivity contribution in [2.24, 2.45) is 18.0 Å². The zero-order chi connectivity index (χ0) is 27.7. The number of piperidine rings is 1. The molecule has 1 amide bonds. The number of halogens is 1. The summed E-state index contributed by atoms with van der Waals surface area (Å²) in [6.45, 7) is 12.1. The maximum absolute atomic E-state index is 12.6. The molecule has 1 fully saturated rings. The van der Waals surface area contributed by atoms with E-state index in [1.54, 1.807) is 6.33 Å². The van der Waals surface area contributed by atoms with Gasteiger partial charge in [0.25, 0.3) is 0 Å². The summed E-state index contributed by atoms with van der Waals surface area (Å²) in [6, 6.07) is 2.33. The van der Waals surface area contributed by atoms with Crippen LogP contribution in [0.2, 0.25) is 5.15 Å². The Balaban J connectivity index is 1.34. The number of aliphatic imine (C=N–C) groups is 1. The number of anilines is 2. The Bertz CT molecular complexity index is 1330. The molecule has 39 heavy (non-hydrogen) atoms. The maximum Gasteiger partial charge on any atom is 0.235 e. The quantitative estimate of drug-likeness (QED) is 0.431. The number of allylic oxidation sites excluding steroid dienone is 3. The fourth-order valence-electron chi connectivity index (χ4n) is 5.56. The van der Waals surface area contributed by atoms with E-state index in [4.69, 9.17) is 16.6 Å². The minimum absolute atomic E-state index is 0.0345. The lowest BCUT2D eigenvalue weighted by molar-refractivity contribution is -0.119. The highest BCUT2D eigenvalue weighted by Crippen LogP contribution is 2.42. The molecule has 0 aliphatic carbocycles. The van der Waals surface area contributed by atoms with Crippen molar-refractivity contribution in [2.45, 2.75) is 52.0 Å². The second kappa shape index (κ2) is 11.1. The molecule has 0 saturated carbocycles. The molecule has 0 spiro atoms. The summed E-state index contributed by atoms with van der Waals surface area (Å²) in [7, 11) is 1.90. The highest BCUT2D eigenvalue weighted by Gasteiger charge is 2.43. The number of amides is 1. The number of nitrogens with one attached hydrogen (secondary N) is 3. The maximum atomic E-state index is 12.6. The average molecular weight is 552 g/mol. The van der Waals surface area contributed by atoms with Gasteiger partial charge in [-0.1, -0.05) is 31.5 Å². The minimum Gasteiger partial charge on any atom is -0.382 e. The lowest BCUT2D eigenvalue weighted by Crippen LogP contribution is -2.40. The molecule has 11 heteroatoms. The van der Waals surface area contributed by atoms with Crippen LogP contribution >= 0.6 is 11.6 Å². The van der Waals surface area contributed by atoms with Crippen LogP contribution in [-0.4, -0.2) is 70.1 Å². The van der Waals surface area contributed by atoms with Crippen LogP contribution in [0, 0.1) is 5.92 Å². The molecule has 5 rings (SSSR count). The monoisotopic (exact) mass is 551 g/mol. The van der Waals surface area contributed by atoms with Crippen LogP contribution in [0.1, 0.15) is 51.8 Å². The number of aromatic nitrogens is 4. The van der Waals surface area contributed by atoms with Gasteiger partial charge < -0.3 is 20.9 Å². The van der Waals surface area contributed by atoms with Gasteiger partial charge in [0.2, 0.25) is 5.91 Å². The Morgan fingerprint density at radius 1 is 1.18 bits per heavy atom. The molecule has 1 saturated heterocycles. The Morgan fingerprint density at radius 2 is 1.95 bits per heavy atom. The predicted octanol–water partition coefficient (Wildman–Crippen LogP) is 3.32. The Hall–Kier alpha value is -3.24. The summed E-state index contributed by atoms with van der Waals surface area (Å²) in [5, 5.41) is 14.8. The third-order valence-electron chi connectivity index (χ3n) is 7.75. The average Bonchev–Trinajstić information content (AvgIpc) is 3.25. The molecule has 3 N–H and O–H groups in total. The summed E-state index contributed by atoms with van der Waals surface area (Å²) in [4.78, 5) is 29.0. The molecule has 208 valence electrons. The Labute approximate surface area is 235 Å². The van der Waals surface area contributed by atoms with E-state index < -0.39 is 5.41 Å². The molecule has 0 radical (unpaired) electrons. The zero-order valence-corrected chi connectivity index (χ0v) is 24.1. The van der Waals surface area contributed by atoms with E-state index in [1.807, 2.05) is 31.6 Å². The van der Waals surface area contributed by atoms with Crippen molar-refractivity contribution in [1.29, 1.82) is 0 Å². The summed E-state index contributed by atoms with van der Waals surface area (Å²) >= 11 is 6.17. The molecule has 10 nitrogen and oxygen atoms in total. The first-order valence-electron chi connectivity index (χ1n) is 13.7. The van der Waals surface area contributed by atoms with Gasteiger partial charge in [-0.15, -0.1) is 0 Å². The molecular formula is C28H38ClN9O. The van der Waals surface area contributed by atoms with Gasteiger partial charge in [0, 0.05) is 51.3 Å². The molecule has 0 atom stereocenters. The predicted molar refractivity (Wildman–Crippen MR) is 156 cm³/mol. The van der Waals surface area contributed by atoms with Crippen molar-refractivity contribution in [3.05, 3.63) is 46.7 Å². The number of fused-ring (bicyclic) bond motifs is 1. The molecule has 0 bridgehead atoms. The first-order chi connectivity index (χ1) is 18.6. The number of carbonyl (C=O) groups excluding carboxylic acids is 1. The first kappa shape index (κ1) is 27.3. The lowest BCUT2D eigenvalue weighted by Gasteiger charge is -2.35. The summed E-state index contributed by atoms with van der Waals surface area (Å²) in [6.07, 6.45) is 7.71. The lowest BCUT2D eigenvalue weighted by atomic mass is 9.85. The standard InChI is InChI=1S/C28H38ClN9O/c1-17(2)30-10-11-31-20-7-6-19(21-14-22(29)36-37(21)5)15-32-24(20)18-8-12-38(13-9-18)26-23-25(33-16-34-26)35-27(39)28(23,3)4/h6-7,14,16-18,30-31H,8-13,15H2,1-5H3,(H,33,34,35,39). The molecular weight excluding hydrogens is 514 g/mol. The fraction of sp³-hybridized carbons (Fsp3) is 0.536. The molecule has 0 unspecified atom stereocenters. The van der Waals surface area contributed by atoms with Gasteiger partial charge in [-0.3, -0.25) is 14.5 Å². The minimum atomic E-state index is -0.658. The second-order valence-electron chi connectivity index (χ2n) is 11.2. The summed E-state index contributed by atoms with van der Waals surface area (Å²) < 4.78 is 1.81. The summed E-state index contributed by atoms with van der Waals surface area (Å²) in [5.41, 5.74) is 4.48. The number of carbonyl (C=O) groups is 1. The van der Waals surface area contributed by atoms with Crippen LogP contribution in [0.25, 0.3) is 5.57 Å².